The zero-order valence-electron chi connectivity index (χ0n) is 17.1. The van der Waals surface area contributed by atoms with Crippen LogP contribution in [0.5, 0.6) is 0 Å². The van der Waals surface area contributed by atoms with Gasteiger partial charge >= 0.3 is 12.0 Å². The van der Waals surface area contributed by atoms with Crippen molar-refractivity contribution in [2.24, 2.45) is 0 Å². The second kappa shape index (κ2) is 8.40. The standard InChI is InChI=1S/C24H22N2O3S2/c1-2-29-23(27)21-15-9-3-6-12-18(15)31-22(21)25-24(28)26-16-10-4-7-13-19(16)30-20-14-8-5-11-17(20)26/h4-5,7-8,10-11,13-14H,2-3,6,9,12H2,1H3,(H,25,28). The fourth-order valence-electron chi connectivity index (χ4n) is 4.15. The van der Waals surface area contributed by atoms with E-state index in [4.69, 9.17) is 4.74 Å². The van der Waals surface area contributed by atoms with Gasteiger partial charge in [-0.3, -0.25) is 10.2 Å². The van der Waals surface area contributed by atoms with Crippen LogP contribution in [0.2, 0.25) is 0 Å². The van der Waals surface area contributed by atoms with Crippen molar-refractivity contribution in [1.82, 2.24) is 0 Å². The van der Waals surface area contributed by atoms with Crippen molar-refractivity contribution in [3.05, 3.63) is 64.5 Å². The summed E-state index contributed by atoms with van der Waals surface area (Å²) in [7, 11) is 0. The third kappa shape index (κ3) is 3.62. The number of para-hydroxylation sites is 2. The Morgan fingerprint density at radius 2 is 1.65 bits per heavy atom. The Balaban J connectivity index is 1.55. The molecular formula is C24H22N2O3S2. The molecule has 5 rings (SSSR count). The van der Waals surface area contributed by atoms with Crippen LogP contribution < -0.4 is 10.2 Å². The molecule has 0 radical (unpaired) electrons. The quantitative estimate of drug-likeness (QED) is 0.455. The number of rotatable bonds is 3. The number of esters is 1. The summed E-state index contributed by atoms with van der Waals surface area (Å²) in [6.07, 6.45) is 3.94. The second-order valence-electron chi connectivity index (χ2n) is 7.44. The van der Waals surface area contributed by atoms with Crippen molar-refractivity contribution in [1.29, 1.82) is 0 Å². The number of hydrogen-bond acceptors (Lipinski definition) is 5. The summed E-state index contributed by atoms with van der Waals surface area (Å²) in [5.74, 6) is -0.354. The first kappa shape index (κ1) is 20.2. The van der Waals surface area contributed by atoms with Gasteiger partial charge in [-0.2, -0.15) is 0 Å². The van der Waals surface area contributed by atoms with Gasteiger partial charge in [0, 0.05) is 14.7 Å². The lowest BCUT2D eigenvalue weighted by Gasteiger charge is -2.30. The fourth-order valence-corrected chi connectivity index (χ4v) is 6.47. The minimum Gasteiger partial charge on any atom is -0.462 e. The summed E-state index contributed by atoms with van der Waals surface area (Å²) in [5.41, 5.74) is 3.24. The van der Waals surface area contributed by atoms with Crippen LogP contribution in [0.15, 0.2) is 58.3 Å². The molecule has 2 amide bonds. The molecule has 0 saturated heterocycles. The molecule has 7 heteroatoms. The number of fused-ring (bicyclic) bond motifs is 3. The number of aryl methyl sites for hydroxylation is 1. The summed E-state index contributed by atoms with van der Waals surface area (Å²) in [6, 6.07) is 15.5. The molecule has 0 fully saturated rings. The van der Waals surface area contributed by atoms with Gasteiger partial charge in [0.2, 0.25) is 0 Å². The van der Waals surface area contributed by atoms with Gasteiger partial charge in [0.25, 0.3) is 0 Å². The highest BCUT2D eigenvalue weighted by Crippen LogP contribution is 2.48. The van der Waals surface area contributed by atoms with Crippen LogP contribution in [-0.2, 0) is 17.6 Å². The molecule has 0 spiro atoms. The van der Waals surface area contributed by atoms with Gasteiger partial charge < -0.3 is 4.74 Å². The molecule has 158 valence electrons. The first-order valence-corrected chi connectivity index (χ1v) is 12.1. The van der Waals surface area contributed by atoms with E-state index in [0.29, 0.717) is 17.2 Å². The Bertz CT molecular complexity index is 1130. The van der Waals surface area contributed by atoms with Gasteiger partial charge in [0.05, 0.1) is 23.5 Å². The zero-order chi connectivity index (χ0) is 21.4. The maximum Gasteiger partial charge on any atom is 0.341 e. The highest BCUT2D eigenvalue weighted by molar-refractivity contribution is 7.99. The summed E-state index contributed by atoms with van der Waals surface area (Å²) < 4.78 is 5.33. The smallest absolute Gasteiger partial charge is 0.341 e. The molecule has 5 nitrogen and oxygen atoms in total. The number of amides is 2. The molecule has 1 N–H and O–H groups in total. The Labute approximate surface area is 189 Å². The number of carbonyl (C=O) groups is 2. The van der Waals surface area contributed by atoms with E-state index in [1.54, 1.807) is 23.6 Å². The molecule has 1 aliphatic heterocycles. The van der Waals surface area contributed by atoms with E-state index < -0.39 is 0 Å². The van der Waals surface area contributed by atoms with E-state index in [9.17, 15) is 9.59 Å². The molecule has 0 bridgehead atoms. The van der Waals surface area contributed by atoms with Gasteiger partial charge in [0.1, 0.15) is 5.00 Å². The van der Waals surface area contributed by atoms with Crippen LogP contribution in [0.4, 0.5) is 21.2 Å². The van der Waals surface area contributed by atoms with E-state index >= 15 is 0 Å². The summed E-state index contributed by atoms with van der Waals surface area (Å²) >= 11 is 3.16. The van der Waals surface area contributed by atoms with Crippen LogP contribution in [0.3, 0.4) is 0 Å². The lowest BCUT2D eigenvalue weighted by Crippen LogP contribution is -2.33. The van der Waals surface area contributed by atoms with E-state index in [0.717, 1.165) is 52.4 Å². The average molecular weight is 451 g/mol. The molecule has 1 aromatic heterocycles. The number of carbonyl (C=O) groups excluding carboxylic acids is 2. The number of hydrogen-bond donors (Lipinski definition) is 1. The Hall–Kier alpha value is -2.77. The summed E-state index contributed by atoms with van der Waals surface area (Å²) in [4.78, 5) is 31.3. The molecule has 3 aromatic rings. The monoisotopic (exact) mass is 450 g/mol. The Morgan fingerprint density at radius 1 is 1.00 bits per heavy atom. The number of nitrogens with one attached hydrogen (secondary N) is 1. The SMILES string of the molecule is CCOC(=O)c1c(NC(=O)N2c3ccccc3Sc3ccccc32)sc2c1CCCC2. The zero-order valence-corrected chi connectivity index (χ0v) is 18.8. The highest BCUT2D eigenvalue weighted by Gasteiger charge is 2.31. The lowest BCUT2D eigenvalue weighted by atomic mass is 9.95. The molecule has 2 aromatic carbocycles. The van der Waals surface area contributed by atoms with E-state index in [1.807, 2.05) is 48.5 Å². The third-order valence-electron chi connectivity index (χ3n) is 5.51. The van der Waals surface area contributed by atoms with Gasteiger partial charge in [-0.25, -0.2) is 9.59 Å². The minimum absolute atomic E-state index is 0.274. The molecule has 31 heavy (non-hydrogen) atoms. The molecule has 0 saturated carbocycles. The van der Waals surface area contributed by atoms with Crippen molar-refractivity contribution in [2.45, 2.75) is 42.4 Å². The number of benzene rings is 2. The maximum absolute atomic E-state index is 13.6. The van der Waals surface area contributed by atoms with Gasteiger partial charge in [-0.1, -0.05) is 36.0 Å². The summed E-state index contributed by atoms with van der Waals surface area (Å²) in [6.45, 7) is 2.11. The van der Waals surface area contributed by atoms with Gasteiger partial charge in [0.15, 0.2) is 0 Å². The normalized spacial score (nSPS) is 14.3. The Kier molecular flexibility index (Phi) is 5.46. The van der Waals surface area contributed by atoms with Crippen molar-refractivity contribution < 1.29 is 14.3 Å². The van der Waals surface area contributed by atoms with Crippen molar-refractivity contribution in [2.75, 3.05) is 16.8 Å². The predicted octanol–water partition coefficient (Wildman–Crippen LogP) is 6.64. The predicted molar refractivity (Wildman–Crippen MR) is 125 cm³/mol. The van der Waals surface area contributed by atoms with Crippen molar-refractivity contribution in [3.63, 3.8) is 0 Å². The largest absolute Gasteiger partial charge is 0.462 e. The highest BCUT2D eigenvalue weighted by atomic mass is 32.2. The maximum atomic E-state index is 13.6. The van der Waals surface area contributed by atoms with E-state index in [-0.39, 0.29) is 12.0 Å². The first-order chi connectivity index (χ1) is 15.2. The minimum atomic E-state index is -0.354. The number of thiophene rings is 1. The van der Waals surface area contributed by atoms with Crippen LogP contribution >= 0.6 is 23.1 Å². The first-order valence-electron chi connectivity index (χ1n) is 10.5. The summed E-state index contributed by atoms with van der Waals surface area (Å²) in [5, 5.41) is 3.64. The topological polar surface area (TPSA) is 58.6 Å². The van der Waals surface area contributed by atoms with Gasteiger partial charge in [-0.05, 0) is 62.4 Å². The van der Waals surface area contributed by atoms with Gasteiger partial charge in [-0.15, -0.1) is 11.3 Å². The molecule has 2 heterocycles. The molecule has 0 atom stereocenters. The van der Waals surface area contributed by atoms with Crippen LogP contribution in [-0.4, -0.2) is 18.6 Å². The van der Waals surface area contributed by atoms with Crippen LogP contribution in [0.1, 0.15) is 40.6 Å². The molecule has 2 aliphatic rings. The van der Waals surface area contributed by atoms with E-state index in [1.165, 1.54) is 16.2 Å². The number of ether oxygens (including phenoxy) is 1. The van der Waals surface area contributed by atoms with Crippen molar-refractivity contribution >= 4 is 51.5 Å². The fraction of sp³-hybridized carbons (Fsp3) is 0.250. The number of urea groups is 1. The van der Waals surface area contributed by atoms with Crippen molar-refractivity contribution in [3.8, 4) is 0 Å². The average Bonchev–Trinajstić information content (AvgIpc) is 3.15. The van der Waals surface area contributed by atoms with Crippen LogP contribution in [0, 0.1) is 0 Å². The molecule has 0 unspecified atom stereocenters. The third-order valence-corrected chi connectivity index (χ3v) is 7.84. The number of nitrogens with zero attached hydrogens (tertiary/aromatic N) is 1. The number of anilines is 3. The van der Waals surface area contributed by atoms with Crippen LogP contribution in [0.25, 0.3) is 0 Å². The molecule has 1 aliphatic carbocycles. The van der Waals surface area contributed by atoms with E-state index in [2.05, 4.69) is 5.32 Å². The molecular weight excluding hydrogens is 428 g/mol. The lowest BCUT2D eigenvalue weighted by molar-refractivity contribution is 0.0526. The Morgan fingerprint density at radius 3 is 2.32 bits per heavy atom. The second-order valence-corrected chi connectivity index (χ2v) is 9.63.